The van der Waals surface area contributed by atoms with Crippen molar-refractivity contribution in [1.82, 2.24) is 9.97 Å². The van der Waals surface area contributed by atoms with E-state index < -0.39 is 0 Å². The van der Waals surface area contributed by atoms with Crippen molar-refractivity contribution in [2.45, 2.75) is 6.92 Å². The summed E-state index contributed by atoms with van der Waals surface area (Å²) in [6, 6.07) is 6.11. The molecular formula is C13H7BrClFN2OS. The fourth-order valence-corrected chi connectivity index (χ4v) is 3.14. The van der Waals surface area contributed by atoms with E-state index in [1.54, 1.807) is 6.07 Å². The Morgan fingerprint density at radius 2 is 2.10 bits per heavy atom. The first-order valence-corrected chi connectivity index (χ1v) is 7.58. The van der Waals surface area contributed by atoms with Crippen LogP contribution in [0.3, 0.4) is 0 Å². The van der Waals surface area contributed by atoms with E-state index in [9.17, 15) is 4.39 Å². The number of aryl methyl sites for hydroxylation is 1. The Balaban J connectivity index is 2.12. The molecule has 0 aliphatic heterocycles. The van der Waals surface area contributed by atoms with Crippen molar-refractivity contribution in [2.24, 2.45) is 0 Å². The molecule has 2 aromatic heterocycles. The molecule has 3 aromatic rings. The summed E-state index contributed by atoms with van der Waals surface area (Å²) >= 11 is 10.7. The average molecular weight is 374 g/mol. The van der Waals surface area contributed by atoms with Crippen molar-refractivity contribution >= 4 is 49.1 Å². The van der Waals surface area contributed by atoms with Gasteiger partial charge in [0, 0.05) is 10.9 Å². The van der Waals surface area contributed by atoms with Gasteiger partial charge in [-0.05, 0) is 52.7 Å². The lowest BCUT2D eigenvalue weighted by molar-refractivity contribution is 0.460. The van der Waals surface area contributed by atoms with Crippen LogP contribution in [0.4, 0.5) is 4.39 Å². The highest BCUT2D eigenvalue weighted by atomic mass is 79.9. The fourth-order valence-electron chi connectivity index (χ4n) is 1.73. The molecule has 0 unspecified atom stereocenters. The first kappa shape index (κ1) is 13.7. The molecule has 2 heterocycles. The molecule has 0 aliphatic carbocycles. The van der Waals surface area contributed by atoms with Crippen molar-refractivity contribution in [1.29, 1.82) is 0 Å². The van der Waals surface area contributed by atoms with E-state index in [-0.39, 0.29) is 11.1 Å². The Bertz CT molecular complexity index is 808. The minimum atomic E-state index is -0.388. The Labute approximate surface area is 131 Å². The van der Waals surface area contributed by atoms with Crippen LogP contribution in [0.25, 0.3) is 10.2 Å². The number of ether oxygens (including phenoxy) is 1. The van der Waals surface area contributed by atoms with Crippen LogP contribution in [-0.2, 0) is 0 Å². The van der Waals surface area contributed by atoms with Gasteiger partial charge in [-0.2, -0.15) is 4.98 Å². The Kier molecular flexibility index (Phi) is 3.62. The second kappa shape index (κ2) is 5.27. The molecule has 0 bridgehead atoms. The van der Waals surface area contributed by atoms with Crippen LogP contribution in [0.15, 0.2) is 28.7 Å². The van der Waals surface area contributed by atoms with Gasteiger partial charge in [0.15, 0.2) is 0 Å². The summed E-state index contributed by atoms with van der Waals surface area (Å²) in [4.78, 5) is 10.0. The third-order valence-corrected chi connectivity index (χ3v) is 4.32. The zero-order chi connectivity index (χ0) is 14.3. The van der Waals surface area contributed by atoms with Crippen molar-refractivity contribution in [3.63, 3.8) is 0 Å². The van der Waals surface area contributed by atoms with E-state index in [2.05, 4.69) is 25.9 Å². The van der Waals surface area contributed by atoms with Crippen LogP contribution < -0.4 is 4.74 Å². The summed E-state index contributed by atoms with van der Waals surface area (Å²) in [6.07, 6.45) is 0. The van der Waals surface area contributed by atoms with E-state index in [0.29, 0.717) is 16.1 Å². The van der Waals surface area contributed by atoms with Crippen molar-refractivity contribution in [3.8, 4) is 11.6 Å². The number of thiophene rings is 1. The fraction of sp³-hybridized carbons (Fsp3) is 0.0769. The van der Waals surface area contributed by atoms with E-state index in [1.165, 1.54) is 23.5 Å². The summed E-state index contributed by atoms with van der Waals surface area (Å²) < 4.78 is 19.6. The lowest BCUT2D eigenvalue weighted by Gasteiger charge is -2.08. The molecule has 0 aliphatic rings. The maximum absolute atomic E-state index is 13.3. The molecule has 0 atom stereocenters. The molecule has 102 valence electrons. The Morgan fingerprint density at radius 1 is 1.30 bits per heavy atom. The molecule has 3 nitrogen and oxygen atoms in total. The Hall–Kier alpha value is -1.24. The van der Waals surface area contributed by atoms with Gasteiger partial charge in [-0.25, -0.2) is 9.37 Å². The number of fused-ring (bicyclic) bond motifs is 1. The quantitative estimate of drug-likeness (QED) is 0.568. The second-order valence-electron chi connectivity index (χ2n) is 4.05. The van der Waals surface area contributed by atoms with Gasteiger partial charge in [0.1, 0.15) is 16.4 Å². The number of rotatable bonds is 2. The molecule has 0 saturated heterocycles. The highest BCUT2D eigenvalue weighted by molar-refractivity contribution is 9.10. The number of aromatic nitrogens is 2. The summed E-state index contributed by atoms with van der Waals surface area (Å²) in [5, 5.41) is 0.856. The zero-order valence-corrected chi connectivity index (χ0v) is 13.3. The maximum atomic E-state index is 13.3. The minimum Gasteiger partial charge on any atom is -0.437 e. The van der Waals surface area contributed by atoms with Gasteiger partial charge in [0.2, 0.25) is 11.2 Å². The van der Waals surface area contributed by atoms with Crippen molar-refractivity contribution in [3.05, 3.63) is 44.7 Å². The largest absolute Gasteiger partial charge is 0.437 e. The monoisotopic (exact) mass is 372 g/mol. The van der Waals surface area contributed by atoms with Gasteiger partial charge in [0.05, 0.1) is 9.86 Å². The molecule has 3 rings (SSSR count). The first-order chi connectivity index (χ1) is 9.52. The Morgan fingerprint density at radius 3 is 2.90 bits per heavy atom. The molecular weight excluding hydrogens is 367 g/mol. The van der Waals surface area contributed by atoms with Crippen LogP contribution in [0, 0.1) is 12.7 Å². The molecule has 20 heavy (non-hydrogen) atoms. The van der Waals surface area contributed by atoms with Gasteiger partial charge in [-0.1, -0.05) is 0 Å². The average Bonchev–Trinajstić information content (AvgIpc) is 2.74. The van der Waals surface area contributed by atoms with Gasteiger partial charge in [-0.15, -0.1) is 11.3 Å². The smallest absolute Gasteiger partial charge is 0.232 e. The third kappa shape index (κ3) is 2.63. The number of halogens is 3. The molecule has 0 amide bonds. The second-order valence-corrected chi connectivity index (χ2v) is 6.48. The summed E-state index contributed by atoms with van der Waals surface area (Å²) in [5.41, 5.74) is 0. The zero-order valence-electron chi connectivity index (χ0n) is 10.2. The van der Waals surface area contributed by atoms with Crippen LogP contribution >= 0.6 is 38.9 Å². The molecule has 0 radical (unpaired) electrons. The van der Waals surface area contributed by atoms with Gasteiger partial charge < -0.3 is 4.74 Å². The van der Waals surface area contributed by atoms with Gasteiger partial charge in [0.25, 0.3) is 0 Å². The van der Waals surface area contributed by atoms with Crippen LogP contribution in [0.5, 0.6) is 11.6 Å². The van der Waals surface area contributed by atoms with E-state index in [0.717, 1.165) is 15.1 Å². The molecule has 1 aromatic carbocycles. The number of benzene rings is 1. The molecule has 7 heteroatoms. The van der Waals surface area contributed by atoms with Gasteiger partial charge in [-0.3, -0.25) is 0 Å². The van der Waals surface area contributed by atoms with Crippen LogP contribution in [0.1, 0.15) is 4.88 Å². The maximum Gasteiger partial charge on any atom is 0.232 e. The highest BCUT2D eigenvalue weighted by Gasteiger charge is 2.13. The predicted molar refractivity (Wildman–Crippen MR) is 81.3 cm³/mol. The van der Waals surface area contributed by atoms with E-state index >= 15 is 0 Å². The molecule has 0 saturated carbocycles. The normalized spacial score (nSPS) is 11.0. The van der Waals surface area contributed by atoms with E-state index in [4.69, 9.17) is 16.3 Å². The summed E-state index contributed by atoms with van der Waals surface area (Å²) in [5.74, 6) is 0.265. The molecule has 0 fully saturated rings. The predicted octanol–water partition coefficient (Wildman–Crippen LogP) is 5.35. The lowest BCUT2D eigenvalue weighted by atomic mass is 10.3. The van der Waals surface area contributed by atoms with Crippen LogP contribution in [0.2, 0.25) is 5.28 Å². The third-order valence-electron chi connectivity index (χ3n) is 2.55. The topological polar surface area (TPSA) is 35.0 Å². The summed E-state index contributed by atoms with van der Waals surface area (Å²) in [6.45, 7) is 1.96. The van der Waals surface area contributed by atoms with Crippen LogP contribution in [-0.4, -0.2) is 9.97 Å². The van der Waals surface area contributed by atoms with Gasteiger partial charge >= 0.3 is 0 Å². The summed E-state index contributed by atoms with van der Waals surface area (Å²) in [7, 11) is 0. The van der Waals surface area contributed by atoms with Crippen molar-refractivity contribution < 1.29 is 9.13 Å². The number of hydrogen-bond acceptors (Lipinski definition) is 4. The molecule has 0 spiro atoms. The SMILES string of the molecule is Cc1cc2c(Oc3cc(F)ccc3Br)nc(Cl)nc2s1. The molecule has 0 N–H and O–H groups in total. The first-order valence-electron chi connectivity index (χ1n) is 5.59. The minimum absolute atomic E-state index is 0.0990. The van der Waals surface area contributed by atoms with E-state index in [1.807, 2.05) is 13.0 Å². The lowest BCUT2D eigenvalue weighted by Crippen LogP contribution is -1.92. The number of nitrogens with zero attached hydrogens (tertiary/aromatic N) is 2. The highest BCUT2D eigenvalue weighted by Crippen LogP contribution is 2.36. The standard InChI is InChI=1S/C13H7BrClFN2OS/c1-6-4-8-11(17-13(15)18-12(8)20-6)19-10-5-7(16)2-3-9(10)14/h2-5H,1H3. The van der Waals surface area contributed by atoms with Crippen molar-refractivity contribution in [2.75, 3.05) is 0 Å². The number of hydrogen-bond donors (Lipinski definition) is 0.